The van der Waals surface area contributed by atoms with Crippen LogP contribution in [0.5, 0.6) is 0 Å². The van der Waals surface area contributed by atoms with Gasteiger partial charge in [0.25, 0.3) is 5.91 Å². The minimum absolute atomic E-state index is 0.115. The number of rotatable bonds is 3. The van der Waals surface area contributed by atoms with Crippen molar-refractivity contribution in [2.75, 3.05) is 24.5 Å². The predicted octanol–water partition coefficient (Wildman–Crippen LogP) is 3.88. The van der Waals surface area contributed by atoms with Crippen LogP contribution in [-0.2, 0) is 13.0 Å². The number of benzene rings is 2. The molecule has 2 aromatic carbocycles. The fraction of sp³-hybridized carbons (Fsp3) is 0.381. The summed E-state index contributed by atoms with van der Waals surface area (Å²) in [7, 11) is 0. The Morgan fingerprint density at radius 1 is 0.875 bits per heavy atom. The van der Waals surface area contributed by atoms with Crippen molar-refractivity contribution in [3.8, 4) is 0 Å². The lowest BCUT2D eigenvalue weighted by Crippen LogP contribution is -2.29. The van der Waals surface area contributed by atoms with Crippen LogP contribution in [0.15, 0.2) is 48.5 Å². The normalized spacial score (nSPS) is 17.8. The molecule has 2 heterocycles. The summed E-state index contributed by atoms with van der Waals surface area (Å²) in [6, 6.07) is 16.4. The lowest BCUT2D eigenvalue weighted by Gasteiger charge is -2.26. The summed E-state index contributed by atoms with van der Waals surface area (Å²) >= 11 is 0. The Morgan fingerprint density at radius 3 is 2.42 bits per heavy atom. The monoisotopic (exact) mass is 320 g/mol. The molecule has 2 aromatic rings. The summed E-state index contributed by atoms with van der Waals surface area (Å²) in [5, 5.41) is 0. The van der Waals surface area contributed by atoms with Crippen molar-refractivity contribution in [1.29, 1.82) is 0 Å². The maximum absolute atomic E-state index is 12.8. The number of hydrogen-bond acceptors (Lipinski definition) is 2. The van der Waals surface area contributed by atoms with E-state index < -0.39 is 0 Å². The van der Waals surface area contributed by atoms with Crippen LogP contribution in [0, 0.1) is 0 Å². The van der Waals surface area contributed by atoms with Gasteiger partial charge in [0, 0.05) is 24.3 Å². The summed E-state index contributed by atoms with van der Waals surface area (Å²) in [6.45, 7) is 4.19. The smallest absolute Gasteiger partial charge is 0.258 e. The van der Waals surface area contributed by atoms with Crippen molar-refractivity contribution in [3.05, 3.63) is 65.2 Å². The molecular formula is C21H24N2O. The summed E-state index contributed by atoms with van der Waals surface area (Å²) in [6.07, 6.45) is 4.94. The van der Waals surface area contributed by atoms with Crippen LogP contribution in [0.2, 0.25) is 0 Å². The molecule has 0 aromatic heterocycles. The fourth-order valence-electron chi connectivity index (χ4n) is 3.83. The van der Waals surface area contributed by atoms with Crippen LogP contribution in [0.4, 0.5) is 5.69 Å². The largest absolute Gasteiger partial charge is 0.308 e. The number of piperidine rings is 1. The first-order chi connectivity index (χ1) is 11.8. The van der Waals surface area contributed by atoms with Crippen LogP contribution >= 0.6 is 0 Å². The van der Waals surface area contributed by atoms with Gasteiger partial charge in [-0.1, -0.05) is 36.8 Å². The van der Waals surface area contributed by atoms with Crippen LogP contribution in [-0.4, -0.2) is 30.4 Å². The zero-order valence-electron chi connectivity index (χ0n) is 14.1. The molecule has 0 N–H and O–H groups in total. The second-order valence-corrected chi connectivity index (χ2v) is 6.87. The van der Waals surface area contributed by atoms with Gasteiger partial charge in [-0.3, -0.25) is 9.69 Å². The van der Waals surface area contributed by atoms with E-state index in [1.54, 1.807) is 0 Å². The van der Waals surface area contributed by atoms with Crippen molar-refractivity contribution in [3.63, 3.8) is 0 Å². The number of carbonyl (C=O) groups excluding carboxylic acids is 1. The van der Waals surface area contributed by atoms with E-state index >= 15 is 0 Å². The van der Waals surface area contributed by atoms with Crippen molar-refractivity contribution >= 4 is 11.6 Å². The summed E-state index contributed by atoms with van der Waals surface area (Å²) < 4.78 is 0. The summed E-state index contributed by atoms with van der Waals surface area (Å²) in [5.74, 6) is 0.115. The fourth-order valence-corrected chi connectivity index (χ4v) is 3.83. The molecule has 1 amide bonds. The van der Waals surface area contributed by atoms with Gasteiger partial charge in [0.15, 0.2) is 0 Å². The molecule has 4 rings (SSSR count). The highest BCUT2D eigenvalue weighted by Crippen LogP contribution is 2.28. The van der Waals surface area contributed by atoms with Gasteiger partial charge in [-0.2, -0.15) is 0 Å². The molecule has 0 aliphatic carbocycles. The number of carbonyl (C=O) groups is 1. The number of amides is 1. The van der Waals surface area contributed by atoms with Crippen LogP contribution in [0.1, 0.15) is 40.7 Å². The van der Waals surface area contributed by atoms with E-state index in [2.05, 4.69) is 23.1 Å². The summed E-state index contributed by atoms with van der Waals surface area (Å²) in [4.78, 5) is 17.2. The van der Waals surface area contributed by atoms with Crippen LogP contribution < -0.4 is 4.90 Å². The van der Waals surface area contributed by atoms with Gasteiger partial charge in [-0.25, -0.2) is 0 Å². The highest BCUT2D eigenvalue weighted by molar-refractivity contribution is 6.07. The van der Waals surface area contributed by atoms with E-state index in [0.717, 1.165) is 30.8 Å². The standard InChI is InChI=1S/C21H24N2O/c24-21(23-15-12-18-6-2-3-7-20(18)23)19-10-8-17(9-11-19)16-22-13-4-1-5-14-22/h2-3,6-11H,1,4-5,12-16H2. The molecular weight excluding hydrogens is 296 g/mol. The molecule has 2 aliphatic heterocycles. The quantitative estimate of drug-likeness (QED) is 0.857. The van der Waals surface area contributed by atoms with Gasteiger partial charge < -0.3 is 4.90 Å². The Morgan fingerprint density at radius 2 is 1.62 bits per heavy atom. The van der Waals surface area contributed by atoms with Gasteiger partial charge in [0.1, 0.15) is 0 Å². The van der Waals surface area contributed by atoms with E-state index in [9.17, 15) is 4.79 Å². The average Bonchev–Trinajstić information content (AvgIpc) is 3.07. The molecule has 0 bridgehead atoms. The first kappa shape index (κ1) is 15.4. The van der Waals surface area contributed by atoms with Gasteiger partial charge in [-0.15, -0.1) is 0 Å². The second-order valence-electron chi connectivity index (χ2n) is 6.87. The third-order valence-electron chi connectivity index (χ3n) is 5.19. The highest BCUT2D eigenvalue weighted by atomic mass is 16.2. The average molecular weight is 320 g/mol. The SMILES string of the molecule is O=C(c1ccc(CN2CCCCC2)cc1)N1CCc2ccccc21. The maximum atomic E-state index is 12.8. The third kappa shape index (κ3) is 3.09. The molecule has 0 spiro atoms. The van der Waals surface area contributed by atoms with E-state index in [0.29, 0.717) is 0 Å². The van der Waals surface area contributed by atoms with Crippen molar-refractivity contribution in [1.82, 2.24) is 4.90 Å². The van der Waals surface area contributed by atoms with E-state index in [-0.39, 0.29) is 5.91 Å². The molecule has 0 unspecified atom stereocenters. The molecule has 124 valence electrons. The summed E-state index contributed by atoms with van der Waals surface area (Å²) in [5.41, 5.74) is 4.43. The molecule has 1 saturated heterocycles. The molecule has 0 saturated carbocycles. The Labute approximate surface area is 143 Å². The van der Waals surface area contributed by atoms with Gasteiger partial charge in [0.05, 0.1) is 0 Å². The number of fused-ring (bicyclic) bond motifs is 1. The third-order valence-corrected chi connectivity index (χ3v) is 5.19. The number of anilines is 1. The first-order valence-corrected chi connectivity index (χ1v) is 9.02. The lowest BCUT2D eigenvalue weighted by molar-refractivity contribution is 0.0989. The minimum atomic E-state index is 0.115. The Hall–Kier alpha value is -2.13. The molecule has 3 nitrogen and oxygen atoms in total. The molecule has 3 heteroatoms. The zero-order valence-corrected chi connectivity index (χ0v) is 14.1. The van der Waals surface area contributed by atoms with E-state index in [4.69, 9.17) is 0 Å². The van der Waals surface area contributed by atoms with Crippen LogP contribution in [0.3, 0.4) is 0 Å². The molecule has 1 fully saturated rings. The van der Waals surface area contributed by atoms with Gasteiger partial charge in [-0.05, 0) is 61.7 Å². The predicted molar refractivity (Wildman–Crippen MR) is 97.4 cm³/mol. The topological polar surface area (TPSA) is 23.6 Å². The van der Waals surface area contributed by atoms with Crippen molar-refractivity contribution in [2.24, 2.45) is 0 Å². The minimum Gasteiger partial charge on any atom is -0.308 e. The number of likely N-dealkylation sites (tertiary alicyclic amines) is 1. The highest BCUT2D eigenvalue weighted by Gasteiger charge is 2.25. The maximum Gasteiger partial charge on any atom is 0.258 e. The van der Waals surface area contributed by atoms with E-state index in [1.165, 1.54) is 43.5 Å². The zero-order chi connectivity index (χ0) is 16.4. The number of para-hydroxylation sites is 1. The van der Waals surface area contributed by atoms with Gasteiger partial charge in [0.2, 0.25) is 0 Å². The molecule has 24 heavy (non-hydrogen) atoms. The Bertz CT molecular complexity index is 717. The molecule has 0 radical (unpaired) electrons. The Kier molecular flexibility index (Phi) is 4.35. The van der Waals surface area contributed by atoms with Crippen LogP contribution in [0.25, 0.3) is 0 Å². The number of nitrogens with zero attached hydrogens (tertiary/aromatic N) is 2. The van der Waals surface area contributed by atoms with Crippen molar-refractivity contribution < 1.29 is 4.79 Å². The first-order valence-electron chi connectivity index (χ1n) is 9.02. The second kappa shape index (κ2) is 6.78. The van der Waals surface area contributed by atoms with E-state index in [1.807, 2.05) is 35.2 Å². The number of hydrogen-bond donors (Lipinski definition) is 0. The van der Waals surface area contributed by atoms with Gasteiger partial charge >= 0.3 is 0 Å². The Balaban J connectivity index is 1.46. The van der Waals surface area contributed by atoms with Crippen molar-refractivity contribution in [2.45, 2.75) is 32.2 Å². The molecule has 0 atom stereocenters. The lowest BCUT2D eigenvalue weighted by atomic mass is 10.1. The molecule has 2 aliphatic rings.